The van der Waals surface area contributed by atoms with Crippen molar-refractivity contribution in [3.05, 3.63) is 29.0 Å². The maximum Gasteiger partial charge on any atom is 0.0926 e. The van der Waals surface area contributed by atoms with E-state index in [2.05, 4.69) is 36.2 Å². The molecule has 2 nitrogen and oxygen atoms in total. The number of aromatic amines is 1. The lowest BCUT2D eigenvalue weighted by molar-refractivity contribution is 1.07. The van der Waals surface area contributed by atoms with Gasteiger partial charge in [0.25, 0.3) is 0 Å². The third-order valence-electron chi connectivity index (χ3n) is 3.15. The topological polar surface area (TPSA) is 28.7 Å². The lowest BCUT2D eigenvalue weighted by atomic mass is 10.0. The zero-order chi connectivity index (χ0) is 9.71. The highest BCUT2D eigenvalue weighted by Crippen LogP contribution is 2.42. The molecule has 1 aromatic heterocycles. The van der Waals surface area contributed by atoms with Crippen LogP contribution in [0.3, 0.4) is 0 Å². The third-order valence-corrected chi connectivity index (χ3v) is 3.15. The molecule has 1 aliphatic rings. The Bertz CT molecular complexity index is 492. The van der Waals surface area contributed by atoms with Crippen molar-refractivity contribution in [3.8, 4) is 0 Å². The first-order chi connectivity index (χ1) is 6.75. The summed E-state index contributed by atoms with van der Waals surface area (Å²) in [6, 6.07) is 4.52. The van der Waals surface area contributed by atoms with Crippen LogP contribution in [0, 0.1) is 13.8 Å². The van der Waals surface area contributed by atoms with E-state index in [-0.39, 0.29) is 0 Å². The maximum atomic E-state index is 4.27. The highest BCUT2D eigenvalue weighted by atomic mass is 15.1. The molecular formula is C12H14N2. The molecule has 0 atom stereocenters. The number of fused-ring (bicyclic) bond motifs is 1. The van der Waals surface area contributed by atoms with E-state index >= 15 is 0 Å². The lowest BCUT2D eigenvalue weighted by Gasteiger charge is -2.03. The first-order valence-corrected chi connectivity index (χ1v) is 5.21. The fourth-order valence-corrected chi connectivity index (χ4v) is 2.14. The Morgan fingerprint density at radius 1 is 1.29 bits per heavy atom. The Balaban J connectivity index is 2.29. The zero-order valence-corrected chi connectivity index (χ0v) is 8.59. The molecule has 0 amide bonds. The van der Waals surface area contributed by atoms with Crippen LogP contribution in [0.25, 0.3) is 10.9 Å². The molecule has 2 heteroatoms. The summed E-state index contributed by atoms with van der Waals surface area (Å²) in [4.78, 5) is 0. The van der Waals surface area contributed by atoms with E-state index in [9.17, 15) is 0 Å². The highest BCUT2D eigenvalue weighted by molar-refractivity contribution is 5.83. The van der Waals surface area contributed by atoms with Gasteiger partial charge in [-0.3, -0.25) is 5.10 Å². The van der Waals surface area contributed by atoms with Gasteiger partial charge in [-0.25, -0.2) is 0 Å². The van der Waals surface area contributed by atoms with Crippen molar-refractivity contribution >= 4 is 10.9 Å². The summed E-state index contributed by atoms with van der Waals surface area (Å²) in [5.74, 6) is 0.827. The highest BCUT2D eigenvalue weighted by Gasteiger charge is 2.25. The van der Waals surface area contributed by atoms with Crippen LogP contribution in [0.2, 0.25) is 0 Å². The van der Waals surface area contributed by atoms with Crippen molar-refractivity contribution < 1.29 is 0 Å². The van der Waals surface area contributed by atoms with Crippen molar-refractivity contribution in [2.24, 2.45) is 0 Å². The van der Waals surface area contributed by atoms with Gasteiger partial charge in [-0.1, -0.05) is 0 Å². The second-order valence-corrected chi connectivity index (χ2v) is 4.35. The van der Waals surface area contributed by atoms with Gasteiger partial charge in [0.05, 0.1) is 5.52 Å². The molecule has 1 aliphatic carbocycles. The van der Waals surface area contributed by atoms with Crippen LogP contribution in [-0.2, 0) is 0 Å². The maximum absolute atomic E-state index is 4.27. The quantitative estimate of drug-likeness (QED) is 0.728. The number of benzene rings is 1. The fourth-order valence-electron chi connectivity index (χ4n) is 2.14. The van der Waals surface area contributed by atoms with E-state index in [1.807, 2.05) is 0 Å². The van der Waals surface area contributed by atoms with Gasteiger partial charge in [0.2, 0.25) is 0 Å². The van der Waals surface area contributed by atoms with E-state index in [1.54, 1.807) is 0 Å². The first-order valence-electron chi connectivity index (χ1n) is 5.21. The molecule has 1 heterocycles. The molecule has 1 fully saturated rings. The third kappa shape index (κ3) is 1.07. The second kappa shape index (κ2) is 2.59. The molecule has 0 radical (unpaired) electrons. The first kappa shape index (κ1) is 8.04. The molecule has 1 N–H and O–H groups in total. The van der Waals surface area contributed by atoms with Crippen LogP contribution >= 0.6 is 0 Å². The summed E-state index contributed by atoms with van der Waals surface area (Å²) >= 11 is 0. The minimum Gasteiger partial charge on any atom is -0.282 e. The minimum absolute atomic E-state index is 0.827. The smallest absolute Gasteiger partial charge is 0.0926 e. The Morgan fingerprint density at radius 3 is 2.79 bits per heavy atom. The van der Waals surface area contributed by atoms with E-state index in [0.717, 1.165) is 11.4 Å². The predicted octanol–water partition coefficient (Wildman–Crippen LogP) is 3.06. The normalized spacial score (nSPS) is 16.4. The zero-order valence-electron chi connectivity index (χ0n) is 8.59. The number of H-pyrrole nitrogens is 1. The molecule has 0 aliphatic heterocycles. The lowest BCUT2D eigenvalue weighted by Crippen LogP contribution is -1.85. The number of hydrogen-bond donors (Lipinski definition) is 1. The average molecular weight is 186 g/mol. The van der Waals surface area contributed by atoms with Gasteiger partial charge in [0, 0.05) is 11.1 Å². The van der Waals surface area contributed by atoms with Crippen molar-refractivity contribution in [1.29, 1.82) is 0 Å². The summed E-state index contributed by atoms with van der Waals surface area (Å²) < 4.78 is 0. The molecular weight excluding hydrogens is 172 g/mol. The summed E-state index contributed by atoms with van der Waals surface area (Å²) in [5.41, 5.74) is 5.21. The molecule has 1 saturated carbocycles. The molecule has 0 unspecified atom stereocenters. The summed E-state index contributed by atoms with van der Waals surface area (Å²) in [7, 11) is 0. The van der Waals surface area contributed by atoms with Crippen LogP contribution < -0.4 is 0 Å². The van der Waals surface area contributed by atoms with Gasteiger partial charge < -0.3 is 0 Å². The number of nitrogens with one attached hydrogen (secondary N) is 1. The Morgan fingerprint density at radius 2 is 2.07 bits per heavy atom. The van der Waals surface area contributed by atoms with Gasteiger partial charge in [-0.2, -0.15) is 5.10 Å². The van der Waals surface area contributed by atoms with Gasteiger partial charge in [0.1, 0.15) is 0 Å². The van der Waals surface area contributed by atoms with Crippen LogP contribution in [0.5, 0.6) is 0 Å². The van der Waals surface area contributed by atoms with Gasteiger partial charge >= 0.3 is 0 Å². The van der Waals surface area contributed by atoms with Gasteiger partial charge in [-0.05, 0) is 55.9 Å². The second-order valence-electron chi connectivity index (χ2n) is 4.35. The summed E-state index contributed by atoms with van der Waals surface area (Å²) in [6.07, 6.45) is 2.73. The van der Waals surface area contributed by atoms with Crippen molar-refractivity contribution in [3.63, 3.8) is 0 Å². The standard InChI is InChI=1S/C12H14N2/c1-7-5-12-11(8(2)13-14-12)6-10(7)9-3-4-9/h5-6,9H,3-4H2,1-2H3,(H,13,14). The molecule has 3 rings (SSSR count). The molecule has 14 heavy (non-hydrogen) atoms. The fraction of sp³-hybridized carbons (Fsp3) is 0.417. The molecule has 0 spiro atoms. The van der Waals surface area contributed by atoms with Crippen LogP contribution in [0.1, 0.15) is 35.6 Å². The number of nitrogens with zero attached hydrogens (tertiary/aromatic N) is 1. The largest absolute Gasteiger partial charge is 0.282 e. The average Bonchev–Trinajstić information content (AvgIpc) is 2.93. The van der Waals surface area contributed by atoms with E-state index in [0.29, 0.717) is 0 Å². The van der Waals surface area contributed by atoms with E-state index < -0.39 is 0 Å². The Hall–Kier alpha value is -1.31. The monoisotopic (exact) mass is 186 g/mol. The van der Waals surface area contributed by atoms with Gasteiger partial charge in [0.15, 0.2) is 0 Å². The van der Waals surface area contributed by atoms with Crippen LogP contribution in [-0.4, -0.2) is 10.2 Å². The predicted molar refractivity (Wildman–Crippen MR) is 57.5 cm³/mol. The molecule has 0 bridgehead atoms. The number of aryl methyl sites for hydroxylation is 2. The SMILES string of the molecule is Cc1cc2n[nH]c(C)c2cc1C1CC1. The molecule has 72 valence electrons. The van der Waals surface area contributed by atoms with E-state index in [1.165, 1.54) is 35.0 Å². The summed E-state index contributed by atoms with van der Waals surface area (Å²) in [6.45, 7) is 4.28. The van der Waals surface area contributed by atoms with E-state index in [4.69, 9.17) is 0 Å². The minimum atomic E-state index is 0.827. The Kier molecular flexibility index (Phi) is 1.49. The van der Waals surface area contributed by atoms with Gasteiger partial charge in [-0.15, -0.1) is 0 Å². The Labute approximate surface area is 83.3 Å². The molecule has 0 saturated heterocycles. The molecule has 2 aromatic rings. The van der Waals surface area contributed by atoms with Crippen LogP contribution in [0.4, 0.5) is 0 Å². The van der Waals surface area contributed by atoms with Crippen molar-refractivity contribution in [2.75, 3.05) is 0 Å². The number of aromatic nitrogens is 2. The number of rotatable bonds is 1. The number of hydrogen-bond acceptors (Lipinski definition) is 1. The van der Waals surface area contributed by atoms with Crippen molar-refractivity contribution in [2.45, 2.75) is 32.6 Å². The van der Waals surface area contributed by atoms with Crippen molar-refractivity contribution in [1.82, 2.24) is 10.2 Å². The summed E-state index contributed by atoms with van der Waals surface area (Å²) in [5, 5.41) is 8.60. The molecule has 1 aromatic carbocycles. The van der Waals surface area contributed by atoms with Crippen LogP contribution in [0.15, 0.2) is 12.1 Å².